The maximum Gasteiger partial charge on any atom is 0.264 e. The van der Waals surface area contributed by atoms with Gasteiger partial charge >= 0.3 is 0 Å². The number of nitrogens with zero attached hydrogens (tertiary/aromatic N) is 2. The predicted molar refractivity (Wildman–Crippen MR) is 156 cm³/mol. The smallest absolute Gasteiger partial charge is 0.264 e. The Morgan fingerprint density at radius 3 is 2.23 bits per heavy atom. The zero-order valence-corrected chi connectivity index (χ0v) is 24.8. The lowest BCUT2D eigenvalue weighted by Crippen LogP contribution is -2.54. The predicted octanol–water partition coefficient (Wildman–Crippen LogP) is 5.48. The first-order valence-electron chi connectivity index (χ1n) is 12.7. The molecule has 3 aromatic carbocycles. The summed E-state index contributed by atoms with van der Waals surface area (Å²) in [5.41, 5.74) is 2.16. The van der Waals surface area contributed by atoms with Crippen LogP contribution in [0.2, 0.25) is 5.02 Å². The van der Waals surface area contributed by atoms with E-state index in [9.17, 15) is 18.0 Å². The number of aryl methyl sites for hydroxylation is 2. The van der Waals surface area contributed by atoms with E-state index in [4.69, 9.17) is 11.6 Å². The molecule has 0 radical (unpaired) electrons. The van der Waals surface area contributed by atoms with Gasteiger partial charge in [0.2, 0.25) is 11.8 Å². The van der Waals surface area contributed by atoms with Crippen LogP contribution in [0.4, 0.5) is 5.69 Å². The van der Waals surface area contributed by atoms with Crippen LogP contribution in [0.5, 0.6) is 0 Å². The second kappa shape index (κ2) is 12.2. The van der Waals surface area contributed by atoms with Crippen LogP contribution in [-0.4, -0.2) is 43.3 Å². The van der Waals surface area contributed by atoms with Crippen LogP contribution < -0.4 is 9.62 Å². The molecule has 0 saturated carbocycles. The summed E-state index contributed by atoms with van der Waals surface area (Å²) in [4.78, 5) is 28.6. The fourth-order valence-corrected chi connectivity index (χ4v) is 5.81. The van der Waals surface area contributed by atoms with Crippen LogP contribution in [0.3, 0.4) is 0 Å². The fraction of sp³-hybridized carbons (Fsp3) is 0.333. The Bertz CT molecular complexity index is 1440. The molecule has 1 unspecified atom stereocenters. The van der Waals surface area contributed by atoms with E-state index in [1.165, 1.54) is 17.0 Å². The third-order valence-electron chi connectivity index (χ3n) is 6.15. The third kappa shape index (κ3) is 7.83. The van der Waals surface area contributed by atoms with Crippen LogP contribution >= 0.6 is 11.6 Å². The first-order chi connectivity index (χ1) is 18.2. The molecule has 0 spiro atoms. The lowest BCUT2D eigenvalue weighted by Gasteiger charge is -2.34. The average Bonchev–Trinajstić information content (AvgIpc) is 2.86. The Balaban J connectivity index is 2.07. The molecule has 9 heteroatoms. The lowest BCUT2D eigenvalue weighted by molar-refractivity contribution is -0.140. The number of halogens is 1. The highest BCUT2D eigenvalue weighted by Crippen LogP contribution is 2.28. The van der Waals surface area contributed by atoms with E-state index in [2.05, 4.69) is 5.32 Å². The van der Waals surface area contributed by atoms with Crippen LogP contribution in [0.1, 0.15) is 44.4 Å². The molecule has 0 saturated heterocycles. The molecular weight excluding hydrogens is 534 g/mol. The summed E-state index contributed by atoms with van der Waals surface area (Å²) in [5.74, 6) is -0.867. The number of hydrogen-bond donors (Lipinski definition) is 1. The number of anilines is 1. The van der Waals surface area contributed by atoms with Crippen LogP contribution in [-0.2, 0) is 26.2 Å². The van der Waals surface area contributed by atoms with Gasteiger partial charge in [-0.15, -0.1) is 0 Å². The van der Waals surface area contributed by atoms with Gasteiger partial charge in [0.15, 0.2) is 0 Å². The lowest BCUT2D eigenvalue weighted by atomic mass is 10.1. The molecule has 3 rings (SSSR count). The minimum atomic E-state index is -4.11. The van der Waals surface area contributed by atoms with Gasteiger partial charge < -0.3 is 10.2 Å². The van der Waals surface area contributed by atoms with Crippen molar-refractivity contribution in [3.8, 4) is 0 Å². The van der Waals surface area contributed by atoms with Crippen molar-refractivity contribution in [3.05, 3.63) is 94.5 Å². The van der Waals surface area contributed by atoms with Crippen molar-refractivity contribution in [1.82, 2.24) is 10.2 Å². The van der Waals surface area contributed by atoms with Crippen molar-refractivity contribution in [1.29, 1.82) is 0 Å². The number of nitrogens with one attached hydrogen (secondary N) is 1. The van der Waals surface area contributed by atoms with Crippen LogP contribution in [0, 0.1) is 13.8 Å². The molecule has 0 heterocycles. The van der Waals surface area contributed by atoms with E-state index in [0.717, 1.165) is 15.4 Å². The van der Waals surface area contributed by atoms with E-state index in [1.807, 2.05) is 45.9 Å². The van der Waals surface area contributed by atoms with Gasteiger partial charge in [0, 0.05) is 17.1 Å². The normalized spacial score (nSPS) is 12.5. The topological polar surface area (TPSA) is 86.8 Å². The average molecular weight is 570 g/mol. The highest BCUT2D eigenvalue weighted by Gasteiger charge is 2.33. The van der Waals surface area contributed by atoms with Crippen LogP contribution in [0.15, 0.2) is 77.7 Å². The Morgan fingerprint density at radius 1 is 0.949 bits per heavy atom. The summed E-state index contributed by atoms with van der Waals surface area (Å²) in [6.07, 6.45) is 0. The quantitative estimate of drug-likeness (QED) is 0.369. The van der Waals surface area contributed by atoms with Crippen molar-refractivity contribution in [2.45, 2.75) is 64.6 Å². The van der Waals surface area contributed by atoms with Gasteiger partial charge in [-0.25, -0.2) is 8.42 Å². The van der Waals surface area contributed by atoms with E-state index in [0.29, 0.717) is 16.3 Å². The molecule has 0 aliphatic rings. The Kier molecular flexibility index (Phi) is 9.46. The van der Waals surface area contributed by atoms with Crippen molar-refractivity contribution < 1.29 is 18.0 Å². The summed E-state index contributed by atoms with van der Waals surface area (Å²) >= 11 is 6.19. The molecule has 208 valence electrons. The van der Waals surface area contributed by atoms with Gasteiger partial charge in [-0.05, 0) is 88.6 Å². The summed E-state index contributed by atoms with van der Waals surface area (Å²) in [6.45, 7) is 10.5. The first-order valence-corrected chi connectivity index (χ1v) is 14.5. The number of amides is 2. The molecule has 0 aliphatic carbocycles. The van der Waals surface area contributed by atoms with Gasteiger partial charge in [-0.1, -0.05) is 54.1 Å². The Labute approximate surface area is 236 Å². The third-order valence-corrected chi connectivity index (χ3v) is 8.16. The summed E-state index contributed by atoms with van der Waals surface area (Å²) in [5, 5.41) is 3.41. The zero-order valence-electron chi connectivity index (χ0n) is 23.2. The van der Waals surface area contributed by atoms with E-state index in [-0.39, 0.29) is 17.3 Å². The molecular formula is C30H36ClN3O4S. The summed E-state index contributed by atoms with van der Waals surface area (Å²) < 4.78 is 28.9. The molecule has 0 fully saturated rings. The highest BCUT2D eigenvalue weighted by atomic mass is 35.5. The van der Waals surface area contributed by atoms with Gasteiger partial charge in [-0.2, -0.15) is 0 Å². The molecule has 0 aromatic heterocycles. The molecule has 0 aliphatic heterocycles. The van der Waals surface area contributed by atoms with E-state index in [1.54, 1.807) is 56.3 Å². The summed E-state index contributed by atoms with van der Waals surface area (Å²) in [6, 6.07) is 19.6. The summed E-state index contributed by atoms with van der Waals surface area (Å²) in [7, 11) is -4.11. The minimum absolute atomic E-state index is 0.0682. The van der Waals surface area contributed by atoms with Gasteiger partial charge in [0.1, 0.15) is 12.6 Å². The zero-order chi connectivity index (χ0) is 29.0. The Morgan fingerprint density at radius 2 is 1.62 bits per heavy atom. The number of carbonyl (C=O) groups is 2. The molecule has 3 aromatic rings. The molecule has 39 heavy (non-hydrogen) atoms. The molecule has 1 N–H and O–H groups in total. The van der Waals surface area contributed by atoms with Gasteiger partial charge in [-0.3, -0.25) is 13.9 Å². The second-order valence-electron chi connectivity index (χ2n) is 10.7. The van der Waals surface area contributed by atoms with Crippen molar-refractivity contribution in [3.63, 3.8) is 0 Å². The second-order valence-corrected chi connectivity index (χ2v) is 13.0. The molecule has 7 nitrogen and oxygen atoms in total. The largest absolute Gasteiger partial charge is 0.350 e. The van der Waals surface area contributed by atoms with E-state index < -0.39 is 34.1 Å². The molecule has 2 amide bonds. The number of carbonyl (C=O) groups excluding carboxylic acids is 2. The number of sulfonamides is 1. The minimum Gasteiger partial charge on any atom is -0.350 e. The van der Waals surface area contributed by atoms with Gasteiger partial charge in [0.05, 0.1) is 10.6 Å². The Hall–Kier alpha value is -3.36. The maximum atomic E-state index is 14.0. The first kappa shape index (κ1) is 30.2. The SMILES string of the molecule is Cc1ccc(C)c(N(CC(=O)N(Cc2cccc(Cl)c2)C(C)C(=O)NC(C)(C)C)S(=O)(=O)c2ccccc2)c1. The van der Waals surface area contributed by atoms with E-state index >= 15 is 0 Å². The highest BCUT2D eigenvalue weighted by molar-refractivity contribution is 7.92. The standard InChI is InChI=1S/C30H36ClN3O4S/c1-21-15-16-22(2)27(17-21)34(39(37,38)26-13-8-7-9-14-26)20-28(35)33(19-24-11-10-12-25(31)18-24)23(3)29(36)32-30(4,5)6/h7-18,23H,19-20H2,1-6H3,(H,32,36). The fourth-order valence-electron chi connectivity index (χ4n) is 4.11. The van der Waals surface area contributed by atoms with Crippen LogP contribution in [0.25, 0.3) is 0 Å². The monoisotopic (exact) mass is 569 g/mol. The van der Waals surface area contributed by atoms with Crippen molar-refractivity contribution in [2.24, 2.45) is 0 Å². The maximum absolute atomic E-state index is 14.0. The number of benzene rings is 3. The number of rotatable bonds is 9. The van der Waals surface area contributed by atoms with Crippen molar-refractivity contribution in [2.75, 3.05) is 10.8 Å². The van der Waals surface area contributed by atoms with Gasteiger partial charge in [0.25, 0.3) is 10.0 Å². The molecule has 0 bridgehead atoms. The molecule has 1 atom stereocenters. The van der Waals surface area contributed by atoms with Crippen molar-refractivity contribution >= 4 is 39.1 Å². The number of hydrogen-bond acceptors (Lipinski definition) is 4.